The molecule has 0 atom stereocenters. The number of fused-ring (bicyclic) bond motifs is 1. The maximum absolute atomic E-state index is 5.41. The molecule has 23 heavy (non-hydrogen) atoms. The summed E-state index contributed by atoms with van der Waals surface area (Å²) in [4.78, 5) is 0. The minimum atomic E-state index is 0.799. The molecule has 2 aromatic carbocycles. The molecular formula is C19H19N2O2+. The van der Waals surface area contributed by atoms with Gasteiger partial charge in [-0.05, 0) is 29.4 Å². The van der Waals surface area contributed by atoms with E-state index < -0.39 is 0 Å². The van der Waals surface area contributed by atoms with Crippen molar-refractivity contribution in [1.29, 1.82) is 0 Å². The fraction of sp³-hybridized carbons (Fsp3) is 0.158. The monoisotopic (exact) mass is 307 g/mol. The molecular weight excluding hydrogens is 288 g/mol. The van der Waals surface area contributed by atoms with E-state index in [0.29, 0.717) is 0 Å². The van der Waals surface area contributed by atoms with Crippen LogP contribution in [0.25, 0.3) is 23.1 Å². The highest BCUT2D eigenvalue weighted by molar-refractivity contribution is 5.88. The van der Waals surface area contributed by atoms with Crippen LogP contribution in [0.3, 0.4) is 0 Å². The van der Waals surface area contributed by atoms with Gasteiger partial charge in [-0.1, -0.05) is 29.0 Å². The largest absolute Gasteiger partial charge is 0.497 e. The Morgan fingerprint density at radius 1 is 0.957 bits per heavy atom. The molecule has 3 aromatic rings. The summed E-state index contributed by atoms with van der Waals surface area (Å²) in [5.74, 6) is 1.61. The van der Waals surface area contributed by atoms with Crippen LogP contribution in [0.15, 0.2) is 48.7 Å². The summed E-state index contributed by atoms with van der Waals surface area (Å²) in [6.45, 7) is 0. The van der Waals surface area contributed by atoms with Crippen molar-refractivity contribution in [3.05, 3.63) is 59.8 Å². The van der Waals surface area contributed by atoms with Gasteiger partial charge in [0.1, 0.15) is 17.7 Å². The van der Waals surface area contributed by atoms with Crippen LogP contribution in [0, 0.1) is 0 Å². The highest BCUT2D eigenvalue weighted by atomic mass is 16.5. The zero-order valence-electron chi connectivity index (χ0n) is 13.5. The SMILES string of the molecule is COc1ccc(OC)c(/C=C\c2cn[n+](C)c3ccccc23)c1. The van der Waals surface area contributed by atoms with E-state index in [2.05, 4.69) is 17.2 Å². The Morgan fingerprint density at radius 2 is 1.74 bits per heavy atom. The predicted molar refractivity (Wildman–Crippen MR) is 91.4 cm³/mol. The lowest BCUT2D eigenvalue weighted by Gasteiger charge is -2.07. The minimum absolute atomic E-state index is 0.799. The second-order valence-electron chi connectivity index (χ2n) is 5.18. The molecule has 4 heteroatoms. The highest BCUT2D eigenvalue weighted by Crippen LogP contribution is 2.26. The summed E-state index contributed by atoms with van der Waals surface area (Å²) >= 11 is 0. The maximum atomic E-state index is 5.41. The third kappa shape index (κ3) is 3.01. The molecule has 1 aromatic heterocycles. The summed E-state index contributed by atoms with van der Waals surface area (Å²) < 4.78 is 12.6. The number of methoxy groups -OCH3 is 2. The zero-order valence-corrected chi connectivity index (χ0v) is 13.5. The molecule has 0 radical (unpaired) electrons. The molecule has 0 aliphatic heterocycles. The van der Waals surface area contributed by atoms with E-state index in [-0.39, 0.29) is 0 Å². The number of hydrogen-bond donors (Lipinski definition) is 0. The second kappa shape index (κ2) is 6.48. The first-order chi connectivity index (χ1) is 11.2. The number of para-hydroxylation sites is 1. The Hall–Kier alpha value is -2.88. The van der Waals surface area contributed by atoms with Crippen LogP contribution < -0.4 is 14.2 Å². The van der Waals surface area contributed by atoms with Crippen molar-refractivity contribution in [3.63, 3.8) is 0 Å². The molecule has 0 aliphatic rings. The van der Waals surface area contributed by atoms with Gasteiger partial charge in [-0.2, -0.15) is 0 Å². The van der Waals surface area contributed by atoms with Crippen molar-refractivity contribution in [2.45, 2.75) is 0 Å². The van der Waals surface area contributed by atoms with Gasteiger partial charge >= 0.3 is 0 Å². The van der Waals surface area contributed by atoms with Crippen LogP contribution in [-0.4, -0.2) is 19.3 Å². The van der Waals surface area contributed by atoms with Gasteiger partial charge < -0.3 is 9.47 Å². The van der Waals surface area contributed by atoms with Gasteiger partial charge in [0, 0.05) is 17.2 Å². The van der Waals surface area contributed by atoms with Crippen LogP contribution in [0.1, 0.15) is 11.1 Å². The first-order valence-electron chi connectivity index (χ1n) is 7.37. The van der Waals surface area contributed by atoms with E-state index in [1.54, 1.807) is 14.2 Å². The summed E-state index contributed by atoms with van der Waals surface area (Å²) in [6, 6.07) is 13.9. The van der Waals surface area contributed by atoms with Crippen molar-refractivity contribution in [2.24, 2.45) is 7.05 Å². The molecule has 0 aliphatic carbocycles. The maximum Gasteiger partial charge on any atom is 0.239 e. The van der Waals surface area contributed by atoms with Crippen molar-refractivity contribution in [3.8, 4) is 11.5 Å². The Balaban J connectivity index is 2.06. The smallest absolute Gasteiger partial charge is 0.239 e. The molecule has 0 saturated heterocycles. The van der Waals surface area contributed by atoms with Gasteiger partial charge in [0.15, 0.2) is 7.05 Å². The summed E-state index contributed by atoms with van der Waals surface area (Å²) in [5.41, 5.74) is 3.11. The van der Waals surface area contributed by atoms with E-state index in [4.69, 9.17) is 9.47 Å². The molecule has 0 fully saturated rings. The van der Waals surface area contributed by atoms with E-state index in [1.807, 2.05) is 60.4 Å². The van der Waals surface area contributed by atoms with Crippen molar-refractivity contribution >= 4 is 23.1 Å². The second-order valence-corrected chi connectivity index (χ2v) is 5.18. The molecule has 1 heterocycles. The lowest BCUT2D eigenvalue weighted by molar-refractivity contribution is -0.705. The van der Waals surface area contributed by atoms with Gasteiger partial charge in [0.2, 0.25) is 5.52 Å². The quantitative estimate of drug-likeness (QED) is 0.694. The van der Waals surface area contributed by atoms with Crippen LogP contribution in [0.2, 0.25) is 0 Å². The van der Waals surface area contributed by atoms with Crippen LogP contribution in [0.5, 0.6) is 11.5 Å². The van der Waals surface area contributed by atoms with Crippen LogP contribution >= 0.6 is 0 Å². The van der Waals surface area contributed by atoms with Crippen molar-refractivity contribution < 1.29 is 14.2 Å². The van der Waals surface area contributed by atoms with Gasteiger partial charge in [-0.25, -0.2) is 0 Å². The molecule has 0 unspecified atom stereocenters. The molecule has 3 rings (SSSR count). The number of ether oxygens (including phenoxy) is 2. The van der Waals surface area contributed by atoms with Crippen LogP contribution in [-0.2, 0) is 7.05 Å². The zero-order chi connectivity index (χ0) is 16.2. The molecule has 0 N–H and O–H groups in total. The average Bonchev–Trinajstić information content (AvgIpc) is 2.61. The minimum Gasteiger partial charge on any atom is -0.497 e. The van der Waals surface area contributed by atoms with Crippen LogP contribution in [0.4, 0.5) is 0 Å². The molecule has 0 amide bonds. The number of aryl methyl sites for hydroxylation is 1. The number of aromatic nitrogens is 2. The molecule has 0 spiro atoms. The summed E-state index contributed by atoms with van der Waals surface area (Å²) in [7, 11) is 5.27. The van der Waals surface area contributed by atoms with Gasteiger partial charge in [-0.15, -0.1) is 0 Å². The summed E-state index contributed by atoms with van der Waals surface area (Å²) in [6.07, 6.45) is 5.93. The first kappa shape index (κ1) is 15.0. The Labute approximate surface area is 135 Å². The lowest BCUT2D eigenvalue weighted by Crippen LogP contribution is -2.33. The molecule has 4 nitrogen and oxygen atoms in total. The van der Waals surface area contributed by atoms with E-state index >= 15 is 0 Å². The normalized spacial score (nSPS) is 11.1. The first-order valence-corrected chi connectivity index (χ1v) is 7.37. The molecule has 0 bridgehead atoms. The average molecular weight is 307 g/mol. The highest BCUT2D eigenvalue weighted by Gasteiger charge is 2.09. The Morgan fingerprint density at radius 3 is 2.52 bits per heavy atom. The topological polar surface area (TPSA) is 35.2 Å². The lowest BCUT2D eigenvalue weighted by atomic mass is 10.1. The number of rotatable bonds is 4. The van der Waals surface area contributed by atoms with Crippen molar-refractivity contribution in [1.82, 2.24) is 5.10 Å². The Kier molecular flexibility index (Phi) is 4.24. The van der Waals surface area contributed by atoms with E-state index in [0.717, 1.165) is 33.5 Å². The summed E-state index contributed by atoms with van der Waals surface area (Å²) in [5, 5.41) is 5.56. The van der Waals surface area contributed by atoms with E-state index in [1.165, 1.54) is 0 Å². The third-order valence-corrected chi connectivity index (χ3v) is 3.81. The van der Waals surface area contributed by atoms with Crippen molar-refractivity contribution in [2.75, 3.05) is 14.2 Å². The van der Waals surface area contributed by atoms with E-state index in [9.17, 15) is 0 Å². The third-order valence-electron chi connectivity index (χ3n) is 3.81. The van der Waals surface area contributed by atoms with Gasteiger partial charge in [0.25, 0.3) is 0 Å². The molecule has 0 saturated carbocycles. The number of nitrogens with zero attached hydrogens (tertiary/aromatic N) is 2. The predicted octanol–water partition coefficient (Wildman–Crippen LogP) is 3.25. The standard InChI is InChI=1S/C19H19N2O2/c1-21-18-7-5-4-6-17(18)15(13-20-21)9-8-14-12-16(22-2)10-11-19(14)23-3/h4-13H,1-3H3/q+1/b9-8-. The Bertz CT molecular complexity index is 872. The number of hydrogen-bond acceptors (Lipinski definition) is 3. The fourth-order valence-corrected chi connectivity index (χ4v) is 2.56. The number of benzene rings is 2. The molecule has 116 valence electrons. The van der Waals surface area contributed by atoms with Gasteiger partial charge in [-0.3, -0.25) is 0 Å². The fourth-order valence-electron chi connectivity index (χ4n) is 2.56. The van der Waals surface area contributed by atoms with Gasteiger partial charge in [0.05, 0.1) is 19.6 Å².